The van der Waals surface area contributed by atoms with E-state index in [9.17, 15) is 9.59 Å². The van der Waals surface area contributed by atoms with E-state index in [1.54, 1.807) is 24.3 Å². The molecule has 0 aliphatic heterocycles. The quantitative estimate of drug-likeness (QED) is 0.1000. The van der Waals surface area contributed by atoms with Crippen LogP contribution in [0.15, 0.2) is 139 Å². The van der Waals surface area contributed by atoms with Crippen molar-refractivity contribution in [2.45, 2.75) is 12.8 Å². The second-order valence-corrected chi connectivity index (χ2v) is 13.7. The van der Waals surface area contributed by atoms with Gasteiger partial charge in [-0.1, -0.05) is 49.6 Å². The van der Waals surface area contributed by atoms with Crippen molar-refractivity contribution in [3.05, 3.63) is 151 Å². The molecule has 0 saturated heterocycles. The molecule has 1 aliphatic carbocycles. The second kappa shape index (κ2) is 15.0. The molecule has 10 nitrogen and oxygen atoms in total. The van der Waals surface area contributed by atoms with Crippen molar-refractivity contribution >= 4 is 50.8 Å². The van der Waals surface area contributed by atoms with Gasteiger partial charge in [0, 0.05) is 67.7 Å². The molecule has 4 N–H and O–H groups in total. The van der Waals surface area contributed by atoms with Crippen molar-refractivity contribution in [1.29, 1.82) is 0 Å². The van der Waals surface area contributed by atoms with Crippen LogP contribution in [0.3, 0.4) is 0 Å². The Kier molecular flexibility index (Phi) is 9.83. The Morgan fingerprint density at radius 2 is 1.39 bits per heavy atom. The Hall–Kier alpha value is -6.94. The van der Waals surface area contributed by atoms with E-state index in [-0.39, 0.29) is 11.8 Å². The van der Waals surface area contributed by atoms with Gasteiger partial charge in [0.2, 0.25) is 0 Å². The molecule has 54 heavy (non-hydrogen) atoms. The Labute approximate surface area is 314 Å². The first-order valence-corrected chi connectivity index (χ1v) is 17.6. The molecule has 1 aliphatic rings. The second-order valence-electron chi connectivity index (χ2n) is 13.7. The molecule has 2 amide bonds. The van der Waals surface area contributed by atoms with Crippen LogP contribution in [0.2, 0.25) is 0 Å². The zero-order chi connectivity index (χ0) is 37.9. The van der Waals surface area contributed by atoms with E-state index in [1.165, 1.54) is 0 Å². The van der Waals surface area contributed by atoms with Gasteiger partial charge in [-0.3, -0.25) is 9.59 Å². The van der Waals surface area contributed by atoms with Crippen LogP contribution in [-0.2, 0) is 4.79 Å². The number of anilines is 2. The highest BCUT2D eigenvalue weighted by Gasteiger charge is 2.18. The Bertz CT molecular complexity index is 2510. The molecule has 270 valence electrons. The number of aromatic amines is 2. The van der Waals surface area contributed by atoms with Crippen molar-refractivity contribution in [2.24, 2.45) is 0 Å². The molecule has 10 heteroatoms. The average Bonchev–Trinajstić information content (AvgIpc) is 3.81. The first-order valence-electron chi connectivity index (χ1n) is 17.6. The van der Waals surface area contributed by atoms with Crippen molar-refractivity contribution in [1.82, 2.24) is 30.2 Å². The largest absolute Gasteiger partial charge is 0.378 e. The number of aromatic nitrogens is 4. The topological polar surface area (TPSA) is 122 Å². The third-order valence-electron chi connectivity index (χ3n) is 9.43. The first kappa shape index (κ1) is 35.5. The van der Waals surface area contributed by atoms with E-state index in [0.717, 1.165) is 72.8 Å². The van der Waals surface area contributed by atoms with Gasteiger partial charge in [0.1, 0.15) is 11.6 Å². The molecule has 0 fully saturated rings. The fourth-order valence-corrected chi connectivity index (χ4v) is 6.13. The summed E-state index contributed by atoms with van der Waals surface area (Å²) in [6.07, 6.45) is 8.74. The minimum atomic E-state index is -0.244. The van der Waals surface area contributed by atoms with Crippen LogP contribution < -0.4 is 15.5 Å². The number of nitrogens with zero attached hydrogens (tertiary/aromatic N) is 4. The van der Waals surface area contributed by atoms with Crippen LogP contribution >= 0.6 is 0 Å². The van der Waals surface area contributed by atoms with E-state index in [2.05, 4.69) is 58.0 Å². The highest BCUT2D eigenvalue weighted by molar-refractivity contribution is 6.04. The fourth-order valence-electron chi connectivity index (χ4n) is 6.13. The number of amides is 2. The number of carbonyl (C=O) groups is 2. The lowest BCUT2D eigenvalue weighted by atomic mass is 9.97. The third kappa shape index (κ3) is 7.78. The summed E-state index contributed by atoms with van der Waals surface area (Å²) >= 11 is 0. The molecule has 0 bridgehead atoms. The predicted octanol–water partition coefficient (Wildman–Crippen LogP) is 8.46. The molecule has 2 aromatic heterocycles. The highest BCUT2D eigenvalue weighted by atomic mass is 16.2. The van der Waals surface area contributed by atoms with Gasteiger partial charge < -0.3 is 30.4 Å². The smallest absolute Gasteiger partial charge is 0.255 e. The molecule has 0 spiro atoms. The average molecular weight is 715 g/mol. The lowest BCUT2D eigenvalue weighted by Gasteiger charge is -2.15. The normalized spacial score (nSPS) is 12.7. The van der Waals surface area contributed by atoms with E-state index in [1.807, 2.05) is 98.7 Å². The number of likely N-dealkylation sites (N-methyl/N-ethyl adjacent to an activating group) is 1. The number of H-pyrrole nitrogens is 2. The maximum absolute atomic E-state index is 12.9. The van der Waals surface area contributed by atoms with E-state index >= 15 is 0 Å². The lowest BCUT2D eigenvalue weighted by molar-refractivity contribution is -0.113. The maximum atomic E-state index is 12.9. The Morgan fingerprint density at radius 1 is 0.704 bits per heavy atom. The van der Waals surface area contributed by atoms with E-state index < -0.39 is 0 Å². The molecule has 2 heterocycles. The van der Waals surface area contributed by atoms with Crippen LogP contribution in [0.25, 0.3) is 50.2 Å². The number of imidazole rings is 2. The monoisotopic (exact) mass is 714 g/mol. The molecule has 0 atom stereocenters. The summed E-state index contributed by atoms with van der Waals surface area (Å²) in [6, 6.07) is 27.5. The van der Waals surface area contributed by atoms with Gasteiger partial charge in [-0.05, 0) is 102 Å². The minimum absolute atomic E-state index is 0.0875. The van der Waals surface area contributed by atoms with Gasteiger partial charge in [0.05, 0.1) is 22.1 Å². The molecule has 6 aromatic rings. The minimum Gasteiger partial charge on any atom is -0.378 e. The van der Waals surface area contributed by atoms with E-state index in [0.29, 0.717) is 29.9 Å². The molecule has 0 saturated carbocycles. The van der Waals surface area contributed by atoms with Crippen LogP contribution in [0.4, 0.5) is 11.4 Å². The van der Waals surface area contributed by atoms with Crippen LogP contribution in [0.5, 0.6) is 0 Å². The van der Waals surface area contributed by atoms with Crippen molar-refractivity contribution < 1.29 is 9.59 Å². The van der Waals surface area contributed by atoms with Gasteiger partial charge in [0.25, 0.3) is 11.8 Å². The molecule has 0 unspecified atom stereocenters. The van der Waals surface area contributed by atoms with Crippen LogP contribution in [-0.4, -0.2) is 64.8 Å². The fraction of sp³-hybridized carbons (Fsp3) is 0.136. The molecule has 0 radical (unpaired) electrons. The summed E-state index contributed by atoms with van der Waals surface area (Å²) in [6.45, 7) is 7.85. The number of fused-ring (bicyclic) bond motifs is 2. The highest BCUT2D eigenvalue weighted by Crippen LogP contribution is 2.31. The molecule has 4 aromatic carbocycles. The maximum Gasteiger partial charge on any atom is 0.255 e. The summed E-state index contributed by atoms with van der Waals surface area (Å²) in [5.41, 5.74) is 11.9. The van der Waals surface area contributed by atoms with Gasteiger partial charge >= 0.3 is 0 Å². The summed E-state index contributed by atoms with van der Waals surface area (Å²) in [7, 11) is 7.77. The number of hydrogen-bond acceptors (Lipinski definition) is 6. The zero-order valence-corrected chi connectivity index (χ0v) is 30.8. The number of rotatable bonds is 11. The lowest BCUT2D eigenvalue weighted by Crippen LogP contribution is -2.21. The number of nitrogens with one attached hydrogen (secondary N) is 4. The SMILES string of the molecule is C=C(C=CC(=C)N(C)C)NC(=O)c1ccc(-c2nc3ccc(-c4ccc5[nH]c(C6=CC=C(C(=O)Nc7ccc(N(C)C)cc7)CC6)nc5c4)cc3[nH]2)cc1. The van der Waals surface area contributed by atoms with Gasteiger partial charge in [-0.2, -0.15) is 0 Å². The number of carbonyl (C=O) groups excluding carboxylic acids is 2. The van der Waals surface area contributed by atoms with Gasteiger partial charge in [-0.25, -0.2) is 9.97 Å². The summed E-state index contributed by atoms with van der Waals surface area (Å²) in [4.78, 5) is 46.2. The van der Waals surface area contributed by atoms with Crippen molar-refractivity contribution in [2.75, 3.05) is 38.4 Å². The van der Waals surface area contributed by atoms with Gasteiger partial charge in [0.15, 0.2) is 0 Å². The molecule has 7 rings (SSSR count). The summed E-state index contributed by atoms with van der Waals surface area (Å²) in [5, 5.41) is 5.82. The predicted molar refractivity (Wildman–Crippen MR) is 220 cm³/mol. The van der Waals surface area contributed by atoms with Crippen molar-refractivity contribution in [3.63, 3.8) is 0 Å². The van der Waals surface area contributed by atoms with Crippen LogP contribution in [0.1, 0.15) is 29.0 Å². The number of allylic oxidation sites excluding steroid dienone is 5. The van der Waals surface area contributed by atoms with Crippen molar-refractivity contribution in [3.8, 4) is 22.5 Å². The van der Waals surface area contributed by atoms with Crippen LogP contribution in [0, 0.1) is 0 Å². The first-order chi connectivity index (χ1) is 26.0. The molecular weight excluding hydrogens is 673 g/mol. The Balaban J connectivity index is 1.02. The Morgan fingerprint density at radius 3 is 2.09 bits per heavy atom. The number of benzene rings is 4. The van der Waals surface area contributed by atoms with Gasteiger partial charge in [-0.15, -0.1) is 0 Å². The standard InChI is InChI=1S/C44H42N8O2/c1-27(7-8-28(2)51(3)4)45-43(53)31-13-9-29(10-14-31)41-47-37-23-17-33(25-39(37)49-41)34-18-24-38-40(26-34)50-42(48-38)30-11-15-32(16-12-30)44(54)46-35-19-21-36(22-20-35)52(5)6/h7-11,13-15,17-26H,1-2,12,16H2,3-6H3,(H,45,53)(H,46,54)(H,47,49)(H,48,50). The summed E-state index contributed by atoms with van der Waals surface area (Å²) in [5.74, 6) is 1.19. The van der Waals surface area contributed by atoms with E-state index in [4.69, 9.17) is 9.97 Å². The summed E-state index contributed by atoms with van der Waals surface area (Å²) < 4.78 is 0. The zero-order valence-electron chi connectivity index (χ0n) is 30.8. The number of hydrogen-bond donors (Lipinski definition) is 4. The molecular formula is C44H42N8O2. The third-order valence-corrected chi connectivity index (χ3v) is 9.43.